The van der Waals surface area contributed by atoms with Gasteiger partial charge in [0, 0.05) is 50.9 Å². The molecule has 0 aliphatic carbocycles. The van der Waals surface area contributed by atoms with Crippen LogP contribution in [0.15, 0.2) is 9.79 Å². The summed E-state index contributed by atoms with van der Waals surface area (Å²) in [7, 11) is 1.76. The minimum absolute atomic E-state index is 0.0289. The predicted octanol–water partition coefficient (Wildman–Crippen LogP) is 1.25. The van der Waals surface area contributed by atoms with Gasteiger partial charge in [-0.1, -0.05) is 0 Å². The molecule has 3 heterocycles. The number of aliphatic imine (C=N–C) groups is 1. The van der Waals surface area contributed by atoms with E-state index < -0.39 is 0 Å². The van der Waals surface area contributed by atoms with E-state index in [-0.39, 0.29) is 5.69 Å². The first-order chi connectivity index (χ1) is 13.1. The fourth-order valence-corrected chi connectivity index (χ4v) is 4.12. The molecule has 0 unspecified atom stereocenters. The lowest BCUT2D eigenvalue weighted by Gasteiger charge is -2.11. The monoisotopic (exact) mass is 391 g/mol. The predicted molar refractivity (Wildman–Crippen MR) is 109 cm³/mol. The maximum Gasteiger partial charge on any atom is 0.345 e. The molecule has 0 bridgehead atoms. The highest BCUT2D eigenvalue weighted by Crippen LogP contribution is 2.16. The van der Waals surface area contributed by atoms with E-state index in [9.17, 15) is 4.79 Å². The highest BCUT2D eigenvalue weighted by atomic mass is 32.1. The minimum atomic E-state index is 0.0289. The van der Waals surface area contributed by atoms with Gasteiger partial charge >= 0.3 is 5.69 Å². The molecule has 0 saturated carbocycles. The van der Waals surface area contributed by atoms with Gasteiger partial charge in [-0.15, -0.1) is 11.3 Å². The molecule has 0 aromatic carbocycles. The third kappa shape index (κ3) is 4.97. The zero-order chi connectivity index (χ0) is 19.2. The fourth-order valence-electron chi connectivity index (χ4n) is 3.18. The summed E-state index contributed by atoms with van der Waals surface area (Å²) in [6, 6.07) is 0. The number of aryl methyl sites for hydroxylation is 4. The fraction of sp³-hybridized carbons (Fsp3) is 0.667. The number of rotatable bonds is 7. The van der Waals surface area contributed by atoms with Crippen LogP contribution in [0, 0.1) is 13.8 Å². The van der Waals surface area contributed by atoms with Crippen molar-refractivity contribution < 1.29 is 0 Å². The lowest BCUT2D eigenvalue weighted by Crippen LogP contribution is -2.39. The first kappa shape index (κ1) is 19.6. The summed E-state index contributed by atoms with van der Waals surface area (Å²) in [6.45, 7) is 7.11. The maximum atomic E-state index is 12.3. The average Bonchev–Trinajstić information content (AvgIpc) is 3.16. The molecule has 2 N–H and O–H groups in total. The van der Waals surface area contributed by atoms with Gasteiger partial charge in [0.05, 0.1) is 10.7 Å². The van der Waals surface area contributed by atoms with E-state index in [2.05, 4.69) is 32.6 Å². The molecule has 2 aromatic heterocycles. The Morgan fingerprint density at radius 2 is 2.07 bits per heavy atom. The molecule has 1 aliphatic rings. The Hall–Kier alpha value is -2.16. The SMILES string of the molecule is CN=C(NCCCn1nc2n(c1=O)CCCC2)NCCc1nc(C)c(C)s1. The van der Waals surface area contributed by atoms with Crippen LogP contribution in [0.2, 0.25) is 0 Å². The maximum absolute atomic E-state index is 12.3. The van der Waals surface area contributed by atoms with E-state index in [1.807, 2.05) is 11.5 Å². The van der Waals surface area contributed by atoms with Crippen LogP contribution < -0.4 is 16.3 Å². The number of nitrogens with one attached hydrogen (secondary N) is 2. The molecule has 0 spiro atoms. The minimum Gasteiger partial charge on any atom is -0.356 e. The molecule has 0 fully saturated rings. The van der Waals surface area contributed by atoms with Gasteiger partial charge < -0.3 is 10.6 Å². The van der Waals surface area contributed by atoms with E-state index in [1.54, 1.807) is 23.1 Å². The van der Waals surface area contributed by atoms with Gasteiger partial charge in [-0.05, 0) is 33.1 Å². The van der Waals surface area contributed by atoms with Gasteiger partial charge in [0.1, 0.15) is 5.82 Å². The number of hydrogen-bond donors (Lipinski definition) is 2. The molecular weight excluding hydrogens is 362 g/mol. The highest BCUT2D eigenvalue weighted by Gasteiger charge is 2.16. The largest absolute Gasteiger partial charge is 0.356 e. The zero-order valence-corrected chi connectivity index (χ0v) is 17.2. The van der Waals surface area contributed by atoms with Crippen LogP contribution in [0.3, 0.4) is 0 Å². The smallest absolute Gasteiger partial charge is 0.345 e. The number of thiazole rings is 1. The van der Waals surface area contributed by atoms with Crippen molar-refractivity contribution >= 4 is 17.3 Å². The molecule has 3 rings (SSSR count). The topological polar surface area (TPSA) is 89.1 Å². The molecule has 0 atom stereocenters. The second kappa shape index (κ2) is 9.16. The Balaban J connectivity index is 1.38. The Bertz CT molecular complexity index is 829. The molecular formula is C18H29N7OS. The standard InChI is InChI=1S/C18H29N7OS/c1-13-14(2)27-16(22-13)8-10-21-17(19-3)20-9-6-12-25-18(26)24-11-5-4-7-15(24)23-25/h4-12H2,1-3H3,(H2,19,20,21). The van der Waals surface area contributed by atoms with Gasteiger partial charge in [0.25, 0.3) is 0 Å². The summed E-state index contributed by atoms with van der Waals surface area (Å²) in [6.07, 6.45) is 4.81. The summed E-state index contributed by atoms with van der Waals surface area (Å²) in [5.74, 6) is 1.71. The zero-order valence-electron chi connectivity index (χ0n) is 16.4. The van der Waals surface area contributed by atoms with Gasteiger partial charge in [-0.2, -0.15) is 5.10 Å². The number of fused-ring (bicyclic) bond motifs is 1. The molecule has 0 amide bonds. The highest BCUT2D eigenvalue weighted by molar-refractivity contribution is 7.11. The van der Waals surface area contributed by atoms with Crippen molar-refractivity contribution in [2.24, 2.45) is 4.99 Å². The van der Waals surface area contributed by atoms with Gasteiger partial charge in [-0.25, -0.2) is 14.5 Å². The van der Waals surface area contributed by atoms with Crippen LogP contribution in [-0.2, 0) is 25.9 Å². The molecule has 8 nitrogen and oxygen atoms in total. The summed E-state index contributed by atoms with van der Waals surface area (Å²) in [5, 5.41) is 12.2. The van der Waals surface area contributed by atoms with Gasteiger partial charge in [0.15, 0.2) is 5.96 Å². The van der Waals surface area contributed by atoms with Crippen molar-refractivity contribution in [3.63, 3.8) is 0 Å². The van der Waals surface area contributed by atoms with E-state index >= 15 is 0 Å². The quantitative estimate of drug-likeness (QED) is 0.421. The normalized spacial score (nSPS) is 14.3. The van der Waals surface area contributed by atoms with Crippen LogP contribution in [0.5, 0.6) is 0 Å². The van der Waals surface area contributed by atoms with E-state index in [0.717, 1.165) is 74.2 Å². The molecule has 0 radical (unpaired) electrons. The van der Waals surface area contributed by atoms with Crippen molar-refractivity contribution in [1.82, 2.24) is 30.0 Å². The van der Waals surface area contributed by atoms with Gasteiger partial charge in [-0.3, -0.25) is 9.56 Å². The van der Waals surface area contributed by atoms with Crippen LogP contribution >= 0.6 is 11.3 Å². The van der Waals surface area contributed by atoms with Crippen LogP contribution in [0.1, 0.15) is 40.7 Å². The van der Waals surface area contributed by atoms with Crippen molar-refractivity contribution in [1.29, 1.82) is 0 Å². The summed E-state index contributed by atoms with van der Waals surface area (Å²) in [5.41, 5.74) is 1.15. The van der Waals surface area contributed by atoms with Gasteiger partial charge in [0.2, 0.25) is 0 Å². The first-order valence-corrected chi connectivity index (χ1v) is 10.4. The number of hydrogen-bond acceptors (Lipinski definition) is 5. The number of aromatic nitrogens is 4. The molecule has 0 saturated heterocycles. The molecule has 9 heteroatoms. The van der Waals surface area contributed by atoms with E-state index in [4.69, 9.17) is 0 Å². The lowest BCUT2D eigenvalue weighted by atomic mass is 10.2. The molecule has 148 valence electrons. The first-order valence-electron chi connectivity index (χ1n) is 9.62. The van der Waals surface area contributed by atoms with E-state index in [0.29, 0.717) is 6.54 Å². The average molecular weight is 392 g/mol. The molecule has 2 aromatic rings. The third-order valence-corrected chi connectivity index (χ3v) is 5.93. The number of nitrogens with zero attached hydrogens (tertiary/aromatic N) is 5. The second-order valence-electron chi connectivity index (χ2n) is 6.81. The van der Waals surface area contributed by atoms with Crippen molar-refractivity contribution in [3.8, 4) is 0 Å². The van der Waals surface area contributed by atoms with Crippen molar-refractivity contribution in [3.05, 3.63) is 31.9 Å². The molecule has 27 heavy (non-hydrogen) atoms. The van der Waals surface area contributed by atoms with Crippen LogP contribution in [0.4, 0.5) is 0 Å². The Morgan fingerprint density at radius 3 is 2.78 bits per heavy atom. The summed E-state index contributed by atoms with van der Waals surface area (Å²) >= 11 is 1.75. The second-order valence-corrected chi connectivity index (χ2v) is 8.10. The lowest BCUT2D eigenvalue weighted by molar-refractivity contribution is 0.509. The summed E-state index contributed by atoms with van der Waals surface area (Å²) in [4.78, 5) is 22.4. The van der Waals surface area contributed by atoms with Crippen molar-refractivity contribution in [2.45, 2.75) is 59.0 Å². The summed E-state index contributed by atoms with van der Waals surface area (Å²) < 4.78 is 3.42. The van der Waals surface area contributed by atoms with Crippen LogP contribution in [-0.4, -0.2) is 45.4 Å². The van der Waals surface area contributed by atoms with Crippen LogP contribution in [0.25, 0.3) is 0 Å². The Kier molecular flexibility index (Phi) is 6.65. The Labute approximate surface area is 163 Å². The number of guanidine groups is 1. The van der Waals surface area contributed by atoms with Crippen molar-refractivity contribution in [2.75, 3.05) is 20.1 Å². The Morgan fingerprint density at radius 1 is 1.26 bits per heavy atom. The molecule has 1 aliphatic heterocycles. The third-order valence-electron chi connectivity index (χ3n) is 4.80. The van der Waals surface area contributed by atoms with E-state index in [1.165, 1.54) is 4.88 Å².